The lowest BCUT2D eigenvalue weighted by Gasteiger charge is -2.36. The third kappa shape index (κ3) is 2.34. The molecule has 0 radical (unpaired) electrons. The number of benzene rings is 1. The third-order valence-corrected chi connectivity index (χ3v) is 5.94. The van der Waals surface area contributed by atoms with Crippen molar-refractivity contribution in [3.05, 3.63) is 47.2 Å². The fourth-order valence-corrected chi connectivity index (χ4v) is 4.66. The van der Waals surface area contributed by atoms with Gasteiger partial charge in [-0.2, -0.15) is 0 Å². The van der Waals surface area contributed by atoms with Gasteiger partial charge in [-0.3, -0.25) is 14.5 Å². The van der Waals surface area contributed by atoms with Gasteiger partial charge < -0.3 is 0 Å². The van der Waals surface area contributed by atoms with Gasteiger partial charge in [0.2, 0.25) is 0 Å². The standard InChI is InChI=1S/C18H18N2O2S/c1-11(21)16-17(22)20-15(12-7-3-2-4-8-12)13-9-5-6-10-14(13)19-18(20)23-16/h2-4,7-8,15-16H,5-6,9-10H2,1H3/t15-,16+/m0/s1. The lowest BCUT2D eigenvalue weighted by atomic mass is 9.86. The first-order valence-electron chi connectivity index (χ1n) is 8.02. The van der Waals surface area contributed by atoms with E-state index in [9.17, 15) is 9.59 Å². The fourth-order valence-electron chi connectivity index (χ4n) is 3.60. The second kappa shape index (κ2) is 5.64. The molecule has 2 heterocycles. The topological polar surface area (TPSA) is 49.7 Å². The van der Waals surface area contributed by atoms with Crippen LogP contribution in [0.3, 0.4) is 0 Å². The largest absolute Gasteiger partial charge is 0.298 e. The van der Waals surface area contributed by atoms with Gasteiger partial charge in [-0.05, 0) is 43.7 Å². The van der Waals surface area contributed by atoms with E-state index in [0.717, 1.165) is 36.9 Å². The van der Waals surface area contributed by atoms with Crippen LogP contribution in [-0.4, -0.2) is 27.0 Å². The van der Waals surface area contributed by atoms with Gasteiger partial charge in [0.05, 0.1) is 6.04 Å². The molecule has 118 valence electrons. The highest BCUT2D eigenvalue weighted by molar-refractivity contribution is 8.16. The molecule has 0 saturated carbocycles. The minimum atomic E-state index is -0.638. The zero-order chi connectivity index (χ0) is 16.0. The van der Waals surface area contributed by atoms with E-state index in [0.29, 0.717) is 5.17 Å². The van der Waals surface area contributed by atoms with Crippen LogP contribution in [0.25, 0.3) is 0 Å². The number of fused-ring (bicyclic) bond motifs is 1. The van der Waals surface area contributed by atoms with Crippen molar-refractivity contribution in [1.82, 2.24) is 4.90 Å². The summed E-state index contributed by atoms with van der Waals surface area (Å²) in [6, 6.07) is 10.0. The van der Waals surface area contributed by atoms with Gasteiger partial charge in [0.15, 0.2) is 11.0 Å². The average molecular weight is 326 g/mol. The van der Waals surface area contributed by atoms with Gasteiger partial charge in [0, 0.05) is 5.70 Å². The van der Waals surface area contributed by atoms with Crippen molar-refractivity contribution >= 4 is 28.6 Å². The second-order valence-corrected chi connectivity index (χ2v) is 7.28. The van der Waals surface area contributed by atoms with Gasteiger partial charge >= 0.3 is 0 Å². The molecule has 1 amide bonds. The number of hydrogen-bond acceptors (Lipinski definition) is 4. The number of thioether (sulfide) groups is 1. The maximum Gasteiger partial charge on any atom is 0.250 e. The van der Waals surface area contributed by atoms with Gasteiger partial charge in [-0.1, -0.05) is 42.1 Å². The summed E-state index contributed by atoms with van der Waals surface area (Å²) in [6.45, 7) is 1.49. The van der Waals surface area contributed by atoms with Crippen molar-refractivity contribution in [2.75, 3.05) is 0 Å². The van der Waals surface area contributed by atoms with Crippen LogP contribution in [0.5, 0.6) is 0 Å². The van der Waals surface area contributed by atoms with Crippen LogP contribution >= 0.6 is 11.8 Å². The van der Waals surface area contributed by atoms with Crippen LogP contribution in [0.2, 0.25) is 0 Å². The summed E-state index contributed by atoms with van der Waals surface area (Å²) < 4.78 is 0. The van der Waals surface area contributed by atoms with E-state index in [4.69, 9.17) is 4.99 Å². The first-order chi connectivity index (χ1) is 11.2. The Labute approximate surface area is 139 Å². The Bertz CT molecular complexity index is 739. The van der Waals surface area contributed by atoms with E-state index in [1.54, 1.807) is 4.90 Å². The number of allylic oxidation sites excluding steroid dienone is 1. The van der Waals surface area contributed by atoms with Crippen molar-refractivity contribution in [2.45, 2.75) is 43.9 Å². The van der Waals surface area contributed by atoms with Crippen molar-refractivity contribution in [3.63, 3.8) is 0 Å². The van der Waals surface area contributed by atoms with Crippen LogP contribution in [0, 0.1) is 0 Å². The third-order valence-electron chi connectivity index (χ3n) is 4.67. The van der Waals surface area contributed by atoms with E-state index in [-0.39, 0.29) is 17.7 Å². The summed E-state index contributed by atoms with van der Waals surface area (Å²) in [5.74, 6) is -0.214. The molecule has 2 aliphatic heterocycles. The number of ketones is 1. The molecular formula is C18H18N2O2S. The quantitative estimate of drug-likeness (QED) is 0.782. The van der Waals surface area contributed by atoms with E-state index in [1.165, 1.54) is 24.3 Å². The van der Waals surface area contributed by atoms with Crippen LogP contribution in [0.15, 0.2) is 46.6 Å². The van der Waals surface area contributed by atoms with Crippen LogP contribution in [0.1, 0.15) is 44.2 Å². The van der Waals surface area contributed by atoms with E-state index in [2.05, 4.69) is 12.1 Å². The summed E-state index contributed by atoms with van der Waals surface area (Å²) in [4.78, 5) is 31.1. The SMILES string of the molecule is CC(=O)[C@H]1SC2=NC3=C(CCCC3)[C@H](c3ccccc3)N2C1=O. The van der Waals surface area contributed by atoms with Gasteiger partial charge in [-0.25, -0.2) is 4.99 Å². The smallest absolute Gasteiger partial charge is 0.250 e. The number of Topliss-reactive ketones (excluding diaryl/α,β-unsaturated/α-hetero) is 1. The number of hydrogen-bond donors (Lipinski definition) is 0. The Morgan fingerprint density at radius 1 is 1.22 bits per heavy atom. The molecule has 3 aliphatic rings. The summed E-state index contributed by atoms with van der Waals surface area (Å²) >= 11 is 1.31. The van der Waals surface area contributed by atoms with Crippen LogP contribution in [0.4, 0.5) is 0 Å². The number of amides is 1. The Morgan fingerprint density at radius 3 is 2.70 bits per heavy atom. The molecule has 0 aromatic heterocycles. The van der Waals surface area contributed by atoms with Crippen molar-refractivity contribution < 1.29 is 9.59 Å². The Hall–Kier alpha value is -1.88. The maximum atomic E-state index is 12.8. The monoisotopic (exact) mass is 326 g/mol. The predicted molar refractivity (Wildman–Crippen MR) is 91.0 cm³/mol. The molecule has 0 N–H and O–H groups in total. The molecule has 1 aromatic rings. The molecule has 23 heavy (non-hydrogen) atoms. The first-order valence-corrected chi connectivity index (χ1v) is 8.90. The lowest BCUT2D eigenvalue weighted by Crippen LogP contribution is -2.40. The molecule has 1 fully saturated rings. The lowest BCUT2D eigenvalue weighted by molar-refractivity contribution is -0.131. The number of rotatable bonds is 2. The molecular weight excluding hydrogens is 308 g/mol. The Kier molecular flexibility index (Phi) is 3.60. The minimum Gasteiger partial charge on any atom is -0.298 e. The normalized spacial score (nSPS) is 26.7. The van der Waals surface area contributed by atoms with Gasteiger partial charge in [-0.15, -0.1) is 0 Å². The number of carbonyl (C=O) groups is 2. The summed E-state index contributed by atoms with van der Waals surface area (Å²) in [5.41, 5.74) is 3.48. The molecule has 4 nitrogen and oxygen atoms in total. The van der Waals surface area contributed by atoms with Gasteiger partial charge in [0.25, 0.3) is 5.91 Å². The fraction of sp³-hybridized carbons (Fsp3) is 0.389. The van der Waals surface area contributed by atoms with E-state index < -0.39 is 5.25 Å². The number of aliphatic imine (C=N–C) groups is 1. The first kappa shape index (κ1) is 14.7. The maximum absolute atomic E-state index is 12.8. The molecule has 0 bridgehead atoms. The average Bonchev–Trinajstić information content (AvgIpc) is 2.90. The van der Waals surface area contributed by atoms with E-state index in [1.807, 2.05) is 18.2 Å². The van der Waals surface area contributed by atoms with Crippen molar-refractivity contribution in [3.8, 4) is 0 Å². The van der Waals surface area contributed by atoms with Crippen LogP contribution < -0.4 is 0 Å². The summed E-state index contributed by atoms with van der Waals surface area (Å²) in [5, 5.41) is 0.0611. The summed E-state index contributed by atoms with van der Waals surface area (Å²) in [7, 11) is 0. The van der Waals surface area contributed by atoms with Crippen LogP contribution in [-0.2, 0) is 9.59 Å². The molecule has 4 rings (SSSR count). The zero-order valence-corrected chi connectivity index (χ0v) is 13.8. The zero-order valence-electron chi connectivity index (χ0n) is 13.0. The number of nitrogens with zero attached hydrogens (tertiary/aromatic N) is 2. The van der Waals surface area contributed by atoms with Gasteiger partial charge in [0.1, 0.15) is 5.25 Å². The van der Waals surface area contributed by atoms with Crippen molar-refractivity contribution in [2.24, 2.45) is 4.99 Å². The molecule has 2 atom stereocenters. The highest BCUT2D eigenvalue weighted by atomic mass is 32.2. The highest BCUT2D eigenvalue weighted by Crippen LogP contribution is 2.46. The number of carbonyl (C=O) groups excluding carboxylic acids is 2. The molecule has 5 heteroatoms. The Balaban J connectivity index is 1.84. The molecule has 0 spiro atoms. The molecule has 0 unspecified atom stereocenters. The highest BCUT2D eigenvalue weighted by Gasteiger charge is 2.47. The molecule has 1 aromatic carbocycles. The Morgan fingerprint density at radius 2 is 1.96 bits per heavy atom. The molecule has 1 saturated heterocycles. The summed E-state index contributed by atoms with van der Waals surface area (Å²) in [6.07, 6.45) is 4.23. The number of amidine groups is 1. The second-order valence-electron chi connectivity index (χ2n) is 6.20. The molecule has 1 aliphatic carbocycles. The minimum absolute atomic E-state index is 0.0941. The predicted octanol–water partition coefficient (Wildman–Crippen LogP) is 3.46. The van der Waals surface area contributed by atoms with Crippen molar-refractivity contribution in [1.29, 1.82) is 0 Å². The van der Waals surface area contributed by atoms with E-state index >= 15 is 0 Å².